The van der Waals surface area contributed by atoms with E-state index >= 15 is 0 Å². The Bertz CT molecular complexity index is 265. The number of nitrogens with two attached hydrogens (primary N) is 1. The molecule has 100 valence electrons. The summed E-state index contributed by atoms with van der Waals surface area (Å²) in [5, 5.41) is 0. The second-order valence-corrected chi connectivity index (χ2v) is 6.02. The number of aliphatic imine (C=N–C) groups is 1. The summed E-state index contributed by atoms with van der Waals surface area (Å²) in [5.41, 5.74) is 5.22. The first kappa shape index (κ1) is 16.1. The Morgan fingerprint density at radius 2 is 1.88 bits per heavy atom. The highest BCUT2D eigenvalue weighted by molar-refractivity contribution is 5.74. The summed E-state index contributed by atoms with van der Waals surface area (Å²) in [6, 6.07) is 0. The smallest absolute Gasteiger partial charge is 0.328 e. The summed E-state index contributed by atoms with van der Waals surface area (Å²) in [6.07, 6.45) is 3.57. The number of ether oxygens (including phenoxy) is 1. The predicted octanol–water partition coefficient (Wildman–Crippen LogP) is 2.16. The maximum atomic E-state index is 11.4. The number of carbonyl (C=O) groups is 1. The third-order valence-electron chi connectivity index (χ3n) is 2.23. The van der Waals surface area contributed by atoms with E-state index < -0.39 is 5.60 Å². The van der Waals surface area contributed by atoms with Crippen LogP contribution in [0.1, 0.15) is 47.5 Å². The van der Waals surface area contributed by atoms with E-state index in [1.807, 2.05) is 20.8 Å². The van der Waals surface area contributed by atoms with Crippen LogP contribution in [-0.2, 0) is 9.53 Å². The van der Waals surface area contributed by atoms with Gasteiger partial charge in [0.1, 0.15) is 12.1 Å². The van der Waals surface area contributed by atoms with Crippen LogP contribution >= 0.6 is 0 Å². The molecule has 0 aromatic heterocycles. The minimum atomic E-state index is -0.439. The van der Waals surface area contributed by atoms with E-state index in [4.69, 9.17) is 10.5 Å². The van der Waals surface area contributed by atoms with E-state index in [1.165, 1.54) is 0 Å². The third kappa shape index (κ3) is 10.00. The van der Waals surface area contributed by atoms with Crippen molar-refractivity contribution in [1.82, 2.24) is 0 Å². The van der Waals surface area contributed by atoms with Gasteiger partial charge in [0.05, 0.1) is 0 Å². The standard InChI is InChI=1S/C13H26N2O2/c1-12(2,3)17-11(16)10-15-9-7-13(4,5)6-8-14/h9H,6-8,10,14H2,1-5H3/b15-9+. The summed E-state index contributed by atoms with van der Waals surface area (Å²) >= 11 is 0. The summed E-state index contributed by atoms with van der Waals surface area (Å²) in [4.78, 5) is 15.4. The molecule has 0 fully saturated rings. The highest BCUT2D eigenvalue weighted by Crippen LogP contribution is 2.22. The van der Waals surface area contributed by atoms with Gasteiger partial charge in [0.2, 0.25) is 0 Å². The van der Waals surface area contributed by atoms with Crippen molar-refractivity contribution < 1.29 is 9.53 Å². The number of hydrogen-bond donors (Lipinski definition) is 1. The first-order valence-electron chi connectivity index (χ1n) is 6.06. The largest absolute Gasteiger partial charge is 0.459 e. The molecule has 0 aromatic rings. The second kappa shape index (κ2) is 6.74. The highest BCUT2D eigenvalue weighted by Gasteiger charge is 2.16. The molecule has 0 amide bonds. The Morgan fingerprint density at radius 3 is 2.35 bits per heavy atom. The zero-order chi connectivity index (χ0) is 13.5. The normalized spacial score (nSPS) is 13.1. The SMILES string of the molecule is CC(C)(C/C=N/CC(=O)OC(C)(C)C)CCN. The molecule has 0 aliphatic carbocycles. The van der Waals surface area contributed by atoms with Crippen LogP contribution in [0.2, 0.25) is 0 Å². The lowest BCUT2D eigenvalue weighted by Crippen LogP contribution is -2.25. The first-order chi connectivity index (χ1) is 7.66. The van der Waals surface area contributed by atoms with Crippen LogP contribution in [-0.4, -0.2) is 30.9 Å². The highest BCUT2D eigenvalue weighted by atomic mass is 16.6. The number of rotatable bonds is 6. The van der Waals surface area contributed by atoms with Crippen LogP contribution in [0.3, 0.4) is 0 Å². The fourth-order valence-corrected chi connectivity index (χ4v) is 1.32. The molecule has 0 atom stereocenters. The molecular formula is C13H26N2O2. The van der Waals surface area contributed by atoms with Gasteiger partial charge >= 0.3 is 5.97 Å². The van der Waals surface area contributed by atoms with Crippen LogP contribution < -0.4 is 5.73 Å². The van der Waals surface area contributed by atoms with E-state index in [0.717, 1.165) is 12.8 Å². The van der Waals surface area contributed by atoms with Gasteiger partial charge in [-0.1, -0.05) is 13.8 Å². The van der Waals surface area contributed by atoms with Crippen LogP contribution in [0.4, 0.5) is 0 Å². The fraction of sp³-hybridized carbons (Fsp3) is 0.846. The van der Waals surface area contributed by atoms with E-state index in [9.17, 15) is 4.79 Å². The lowest BCUT2D eigenvalue weighted by Gasteiger charge is -2.21. The average molecular weight is 242 g/mol. The minimum absolute atomic E-state index is 0.0932. The van der Waals surface area contributed by atoms with Gasteiger partial charge < -0.3 is 10.5 Å². The molecule has 0 rings (SSSR count). The maximum Gasteiger partial charge on any atom is 0.328 e. The predicted molar refractivity (Wildman–Crippen MR) is 71.3 cm³/mol. The molecule has 2 N–H and O–H groups in total. The summed E-state index contributed by atoms with van der Waals surface area (Å²) in [7, 11) is 0. The number of carbonyl (C=O) groups excluding carboxylic acids is 1. The van der Waals surface area contributed by atoms with E-state index in [-0.39, 0.29) is 17.9 Å². The van der Waals surface area contributed by atoms with E-state index in [0.29, 0.717) is 6.54 Å². The minimum Gasteiger partial charge on any atom is -0.459 e. The Balaban J connectivity index is 3.92. The Labute approximate surface area is 105 Å². The Morgan fingerprint density at radius 1 is 1.29 bits per heavy atom. The molecule has 0 aliphatic rings. The van der Waals surface area contributed by atoms with Crippen molar-refractivity contribution in [2.24, 2.45) is 16.1 Å². The van der Waals surface area contributed by atoms with Gasteiger partial charge in [-0.05, 0) is 51.8 Å². The number of hydrogen-bond acceptors (Lipinski definition) is 4. The maximum absolute atomic E-state index is 11.4. The van der Waals surface area contributed by atoms with Gasteiger partial charge in [0.25, 0.3) is 0 Å². The molecule has 0 aromatic carbocycles. The van der Waals surface area contributed by atoms with Gasteiger partial charge in [0.15, 0.2) is 0 Å². The van der Waals surface area contributed by atoms with Gasteiger partial charge in [0, 0.05) is 0 Å². The molecule has 0 saturated heterocycles. The quantitative estimate of drug-likeness (QED) is 0.573. The van der Waals surface area contributed by atoms with Crippen LogP contribution in [0.15, 0.2) is 4.99 Å². The van der Waals surface area contributed by atoms with Gasteiger partial charge in [-0.15, -0.1) is 0 Å². The van der Waals surface area contributed by atoms with Crippen molar-refractivity contribution in [2.45, 2.75) is 53.1 Å². The van der Waals surface area contributed by atoms with Crippen LogP contribution in [0.25, 0.3) is 0 Å². The van der Waals surface area contributed by atoms with E-state index in [1.54, 1.807) is 6.21 Å². The topological polar surface area (TPSA) is 64.7 Å². The molecule has 0 spiro atoms. The van der Waals surface area contributed by atoms with Gasteiger partial charge in [-0.2, -0.15) is 0 Å². The number of esters is 1. The van der Waals surface area contributed by atoms with Crippen molar-refractivity contribution in [3.8, 4) is 0 Å². The molecule has 4 nitrogen and oxygen atoms in total. The van der Waals surface area contributed by atoms with Crippen molar-refractivity contribution in [1.29, 1.82) is 0 Å². The van der Waals surface area contributed by atoms with Crippen molar-refractivity contribution >= 4 is 12.2 Å². The van der Waals surface area contributed by atoms with Crippen LogP contribution in [0.5, 0.6) is 0 Å². The zero-order valence-corrected chi connectivity index (χ0v) is 11.7. The molecule has 17 heavy (non-hydrogen) atoms. The van der Waals surface area contributed by atoms with Crippen LogP contribution in [0, 0.1) is 5.41 Å². The molecule has 0 radical (unpaired) electrons. The first-order valence-corrected chi connectivity index (χ1v) is 6.06. The molecule has 0 heterocycles. The molecule has 0 aliphatic heterocycles. The summed E-state index contributed by atoms with van der Waals surface area (Å²) in [6.45, 7) is 10.6. The molecule has 0 saturated carbocycles. The molecule has 0 bridgehead atoms. The average Bonchev–Trinajstić information content (AvgIpc) is 2.09. The van der Waals surface area contributed by atoms with Gasteiger partial charge in [-0.3, -0.25) is 9.79 Å². The monoisotopic (exact) mass is 242 g/mol. The summed E-state index contributed by atoms with van der Waals surface area (Å²) < 4.78 is 5.14. The lowest BCUT2D eigenvalue weighted by molar-refractivity contribution is -0.152. The van der Waals surface area contributed by atoms with Gasteiger partial charge in [-0.25, -0.2) is 0 Å². The second-order valence-electron chi connectivity index (χ2n) is 6.02. The van der Waals surface area contributed by atoms with Crippen molar-refractivity contribution in [3.63, 3.8) is 0 Å². The third-order valence-corrected chi connectivity index (χ3v) is 2.23. The Kier molecular flexibility index (Phi) is 6.39. The number of nitrogens with zero attached hydrogens (tertiary/aromatic N) is 1. The molecule has 0 unspecified atom stereocenters. The summed E-state index contributed by atoms with van der Waals surface area (Å²) in [5.74, 6) is -0.287. The van der Waals surface area contributed by atoms with Crippen molar-refractivity contribution in [3.05, 3.63) is 0 Å². The van der Waals surface area contributed by atoms with Crippen molar-refractivity contribution in [2.75, 3.05) is 13.1 Å². The fourth-order valence-electron chi connectivity index (χ4n) is 1.32. The molecule has 4 heteroatoms. The van der Waals surface area contributed by atoms with E-state index in [2.05, 4.69) is 18.8 Å². The Hall–Kier alpha value is -0.900. The molecular weight excluding hydrogens is 216 g/mol. The lowest BCUT2D eigenvalue weighted by atomic mass is 9.86. The zero-order valence-electron chi connectivity index (χ0n) is 11.7.